The summed E-state index contributed by atoms with van der Waals surface area (Å²) in [4.78, 5) is 4.34. The topological polar surface area (TPSA) is 101 Å². The van der Waals surface area contributed by atoms with Crippen LogP contribution in [0.3, 0.4) is 0 Å². The minimum absolute atomic E-state index is 0.355. The summed E-state index contributed by atoms with van der Waals surface area (Å²) in [7, 11) is 0. The minimum Gasteiger partial charge on any atom is -0.472 e. The number of ether oxygens (including phenoxy) is 1. The van der Waals surface area contributed by atoms with Crippen LogP contribution in [0.15, 0.2) is 47.5 Å². The molecule has 2 aromatic heterocycles. The first-order valence-corrected chi connectivity index (χ1v) is 7.30. The van der Waals surface area contributed by atoms with E-state index in [0.29, 0.717) is 0 Å². The van der Waals surface area contributed by atoms with Gasteiger partial charge in [-0.25, -0.2) is 4.98 Å². The van der Waals surface area contributed by atoms with E-state index >= 15 is 0 Å². The van der Waals surface area contributed by atoms with Crippen LogP contribution in [-0.4, -0.2) is 49.8 Å². The molecule has 0 aliphatic carbocycles. The van der Waals surface area contributed by atoms with Crippen molar-refractivity contribution < 1.29 is 24.5 Å². The lowest BCUT2D eigenvalue weighted by Crippen LogP contribution is -2.33. The summed E-state index contributed by atoms with van der Waals surface area (Å²) in [5, 5.41) is 29.2. The van der Waals surface area contributed by atoms with Crippen molar-refractivity contribution >= 4 is 11.0 Å². The number of benzene rings is 1. The van der Waals surface area contributed by atoms with Crippen LogP contribution < -0.4 is 0 Å². The Labute approximate surface area is 131 Å². The number of hydrogen-bond donors (Lipinski definition) is 3. The zero-order valence-corrected chi connectivity index (χ0v) is 12.1. The van der Waals surface area contributed by atoms with Crippen molar-refractivity contribution in [3.63, 3.8) is 0 Å². The van der Waals surface area contributed by atoms with Crippen molar-refractivity contribution in [3.05, 3.63) is 43.1 Å². The van der Waals surface area contributed by atoms with Gasteiger partial charge >= 0.3 is 0 Å². The molecular weight excluding hydrogens is 300 g/mol. The van der Waals surface area contributed by atoms with Crippen LogP contribution in [0.2, 0.25) is 0 Å². The average Bonchev–Trinajstić information content (AvgIpc) is 3.28. The molecule has 0 bridgehead atoms. The third kappa shape index (κ3) is 2.25. The van der Waals surface area contributed by atoms with Crippen LogP contribution in [0.5, 0.6) is 0 Å². The molecule has 1 saturated heterocycles. The smallest absolute Gasteiger partial charge is 0.164 e. The van der Waals surface area contributed by atoms with Crippen LogP contribution in [-0.2, 0) is 4.74 Å². The van der Waals surface area contributed by atoms with Gasteiger partial charge < -0.3 is 29.0 Å². The Morgan fingerprint density at radius 2 is 2.00 bits per heavy atom. The fraction of sp³-hybridized carbons (Fsp3) is 0.312. The van der Waals surface area contributed by atoms with Gasteiger partial charge in [-0.3, -0.25) is 0 Å². The van der Waals surface area contributed by atoms with Gasteiger partial charge in [0.1, 0.15) is 18.3 Å². The molecule has 0 unspecified atom stereocenters. The van der Waals surface area contributed by atoms with Crippen molar-refractivity contribution in [2.75, 3.05) is 6.61 Å². The number of rotatable bonds is 3. The first-order valence-electron chi connectivity index (χ1n) is 7.30. The van der Waals surface area contributed by atoms with Crippen LogP contribution in [0.1, 0.15) is 6.23 Å². The molecule has 4 rings (SSSR count). The molecule has 4 atom stereocenters. The number of nitrogens with zero attached hydrogens (tertiary/aromatic N) is 2. The zero-order valence-electron chi connectivity index (χ0n) is 12.1. The fourth-order valence-corrected chi connectivity index (χ4v) is 2.95. The number of aliphatic hydroxyl groups excluding tert-OH is 3. The Hall–Kier alpha value is -2.19. The standard InChI is InChI=1S/C16H16N2O5/c19-6-13-14(20)15(21)16(23-13)18-8-17-11-5-9(1-2-12(11)18)10-3-4-22-7-10/h1-5,7-8,13-16,19-21H,6H2/t13-,14-,15-,16-/m1/s1. The second kappa shape index (κ2) is 5.47. The summed E-state index contributed by atoms with van der Waals surface area (Å²) in [5.41, 5.74) is 3.43. The Kier molecular flexibility index (Phi) is 3.42. The highest BCUT2D eigenvalue weighted by molar-refractivity contribution is 5.82. The molecule has 0 saturated carbocycles. The molecule has 3 aromatic rings. The van der Waals surface area contributed by atoms with Gasteiger partial charge in [-0.05, 0) is 23.8 Å². The van der Waals surface area contributed by atoms with E-state index in [0.717, 1.165) is 22.2 Å². The van der Waals surface area contributed by atoms with E-state index in [2.05, 4.69) is 4.98 Å². The van der Waals surface area contributed by atoms with Crippen LogP contribution in [0.25, 0.3) is 22.2 Å². The predicted octanol–water partition coefficient (Wildman–Crippen LogP) is 0.908. The number of aliphatic hydroxyl groups is 3. The van der Waals surface area contributed by atoms with Crippen molar-refractivity contribution in [1.82, 2.24) is 9.55 Å². The first-order chi connectivity index (χ1) is 11.2. The lowest BCUT2D eigenvalue weighted by atomic mass is 10.1. The van der Waals surface area contributed by atoms with Crippen LogP contribution in [0, 0.1) is 0 Å². The van der Waals surface area contributed by atoms with E-state index < -0.39 is 24.5 Å². The molecule has 3 heterocycles. The predicted molar refractivity (Wildman–Crippen MR) is 80.4 cm³/mol. The normalized spacial score (nSPS) is 27.8. The van der Waals surface area contributed by atoms with E-state index in [-0.39, 0.29) is 6.61 Å². The van der Waals surface area contributed by atoms with Gasteiger partial charge in [0.2, 0.25) is 0 Å². The molecule has 3 N–H and O–H groups in total. The molecule has 1 fully saturated rings. The monoisotopic (exact) mass is 316 g/mol. The van der Waals surface area contributed by atoms with Crippen LogP contribution >= 0.6 is 0 Å². The molecule has 23 heavy (non-hydrogen) atoms. The fourth-order valence-electron chi connectivity index (χ4n) is 2.95. The summed E-state index contributed by atoms with van der Waals surface area (Å²) in [6.45, 7) is -0.355. The maximum Gasteiger partial charge on any atom is 0.164 e. The first kappa shape index (κ1) is 14.4. The molecular formula is C16H16N2O5. The summed E-state index contributed by atoms with van der Waals surface area (Å²) in [6, 6.07) is 7.58. The second-order valence-electron chi connectivity index (χ2n) is 5.60. The number of hydrogen-bond acceptors (Lipinski definition) is 6. The van der Waals surface area contributed by atoms with Crippen molar-refractivity contribution in [3.8, 4) is 11.1 Å². The van der Waals surface area contributed by atoms with Gasteiger partial charge in [-0.15, -0.1) is 0 Å². The Balaban J connectivity index is 1.72. The van der Waals surface area contributed by atoms with Gasteiger partial charge in [0.15, 0.2) is 6.23 Å². The van der Waals surface area contributed by atoms with E-state index in [1.807, 2.05) is 24.3 Å². The maximum atomic E-state index is 10.1. The van der Waals surface area contributed by atoms with Crippen LogP contribution in [0.4, 0.5) is 0 Å². The van der Waals surface area contributed by atoms with Crippen molar-refractivity contribution in [2.45, 2.75) is 24.5 Å². The number of aromatic nitrogens is 2. The van der Waals surface area contributed by atoms with Gasteiger partial charge in [0, 0.05) is 5.56 Å². The third-order valence-electron chi connectivity index (χ3n) is 4.22. The maximum absolute atomic E-state index is 10.1. The molecule has 1 aliphatic heterocycles. The molecule has 0 radical (unpaired) electrons. The summed E-state index contributed by atoms with van der Waals surface area (Å²) < 4.78 is 12.3. The van der Waals surface area contributed by atoms with Crippen molar-refractivity contribution in [1.29, 1.82) is 0 Å². The molecule has 0 spiro atoms. The largest absolute Gasteiger partial charge is 0.472 e. The molecule has 1 aromatic carbocycles. The van der Waals surface area contributed by atoms with E-state index in [9.17, 15) is 15.3 Å². The summed E-state index contributed by atoms with van der Waals surface area (Å²) in [5.74, 6) is 0. The lowest BCUT2D eigenvalue weighted by molar-refractivity contribution is -0.0508. The van der Waals surface area contributed by atoms with Gasteiger partial charge in [0.05, 0.1) is 36.5 Å². The quantitative estimate of drug-likeness (QED) is 0.664. The molecule has 7 nitrogen and oxygen atoms in total. The number of furan rings is 1. The number of imidazole rings is 1. The second-order valence-corrected chi connectivity index (χ2v) is 5.60. The SMILES string of the molecule is OC[C@H]1O[C@@H](n2cnc3cc(-c4ccoc4)ccc32)[C@H](O)[C@@H]1O. The zero-order chi connectivity index (χ0) is 16.0. The van der Waals surface area contributed by atoms with E-state index in [4.69, 9.17) is 9.15 Å². The molecule has 120 valence electrons. The highest BCUT2D eigenvalue weighted by atomic mass is 16.6. The average molecular weight is 316 g/mol. The van der Waals surface area contributed by atoms with E-state index in [1.54, 1.807) is 23.4 Å². The highest BCUT2D eigenvalue weighted by Gasteiger charge is 2.43. The van der Waals surface area contributed by atoms with Crippen molar-refractivity contribution in [2.24, 2.45) is 0 Å². The summed E-state index contributed by atoms with van der Waals surface area (Å²) in [6.07, 6.45) is 0.974. The van der Waals surface area contributed by atoms with Gasteiger partial charge in [-0.1, -0.05) is 6.07 Å². The molecule has 7 heteroatoms. The molecule has 1 aliphatic rings. The minimum atomic E-state index is -1.13. The lowest BCUT2D eigenvalue weighted by Gasteiger charge is -2.17. The van der Waals surface area contributed by atoms with Gasteiger partial charge in [0.25, 0.3) is 0 Å². The van der Waals surface area contributed by atoms with E-state index in [1.165, 1.54) is 0 Å². The molecule has 0 amide bonds. The Morgan fingerprint density at radius 1 is 1.13 bits per heavy atom. The Morgan fingerprint density at radius 3 is 2.70 bits per heavy atom. The summed E-state index contributed by atoms with van der Waals surface area (Å²) >= 11 is 0. The third-order valence-corrected chi connectivity index (χ3v) is 4.22. The van der Waals surface area contributed by atoms with Gasteiger partial charge in [-0.2, -0.15) is 0 Å². The Bertz CT molecular complexity index is 813. The number of fused-ring (bicyclic) bond motifs is 1. The highest BCUT2D eigenvalue weighted by Crippen LogP contribution is 2.32.